The number of carbonyl (C=O) groups excluding carboxylic acids is 1. The number of amides is 2. The lowest BCUT2D eigenvalue weighted by Crippen LogP contribution is -2.53. The number of likely N-dealkylation sites (tertiary alicyclic amines) is 2. The lowest BCUT2D eigenvalue weighted by Gasteiger charge is -2.53. The summed E-state index contributed by atoms with van der Waals surface area (Å²) in [5.74, 6) is 1.62. The molecule has 5 aliphatic rings. The van der Waals surface area contributed by atoms with Gasteiger partial charge in [0, 0.05) is 30.4 Å². The topological polar surface area (TPSA) is 127 Å². The molecular weight excluding hydrogens is 604 g/mol. The van der Waals surface area contributed by atoms with Gasteiger partial charge in [0.25, 0.3) is 0 Å². The first-order valence-electron chi connectivity index (χ1n) is 17.9. The predicted octanol–water partition coefficient (Wildman–Crippen LogP) is 8.43. The van der Waals surface area contributed by atoms with Crippen LogP contribution < -0.4 is 0 Å². The smallest absolute Gasteiger partial charge is 0.410 e. The van der Waals surface area contributed by atoms with Crippen molar-refractivity contribution in [2.45, 2.75) is 134 Å². The first kappa shape index (κ1) is 32.7. The molecule has 3 N–H and O–H groups in total. The Kier molecular flexibility index (Phi) is 7.75. The highest BCUT2D eigenvalue weighted by atomic mass is 16.6. The Hall–Kier alpha value is -3.82. The Morgan fingerprint density at radius 3 is 2.27 bits per heavy atom. The molecule has 48 heavy (non-hydrogen) atoms. The van der Waals surface area contributed by atoms with Crippen LogP contribution in [0, 0.1) is 5.41 Å². The van der Waals surface area contributed by atoms with E-state index in [9.17, 15) is 14.7 Å². The standard InChI is InChI=1S/C38H52N6O4/c1-34(2,3)38(13-9-21-44(38)32(45)46)31-40-23-27(41-31)25-10-7-11-26(22-25)36-14-17-37(18-15-36,19-16-36)29-24-39-30(42-29)28-12-8-20-43(28)33(47)48-35(4,5)6/h7,10-11,22-24,28H,8-9,12-21H2,1-6H3,(H,39,42)(H,40,41)(H,45,46)/t28-,36?,37?,38+/m0/s1. The summed E-state index contributed by atoms with van der Waals surface area (Å²) in [6.45, 7) is 13.3. The second-order valence-electron chi connectivity index (χ2n) is 16.9. The van der Waals surface area contributed by atoms with Crippen molar-refractivity contribution in [3.05, 3.63) is 59.6 Å². The highest BCUT2D eigenvalue weighted by Gasteiger charge is 2.55. The number of benzene rings is 1. The molecule has 2 aromatic heterocycles. The highest BCUT2D eigenvalue weighted by Crippen LogP contribution is 2.59. The molecule has 3 aromatic rings. The van der Waals surface area contributed by atoms with Crippen LogP contribution in [-0.4, -0.2) is 65.7 Å². The third kappa shape index (κ3) is 5.30. The molecule has 2 amide bonds. The summed E-state index contributed by atoms with van der Waals surface area (Å²) in [6.07, 6.45) is 12.9. The zero-order valence-electron chi connectivity index (χ0n) is 29.5. The van der Waals surface area contributed by atoms with Gasteiger partial charge in [0.1, 0.15) is 22.8 Å². The maximum atomic E-state index is 12.9. The fraction of sp³-hybridized carbons (Fsp3) is 0.632. The quantitative estimate of drug-likeness (QED) is 0.253. The maximum absolute atomic E-state index is 12.9. The van der Waals surface area contributed by atoms with E-state index in [1.165, 1.54) is 11.3 Å². The minimum Gasteiger partial charge on any atom is -0.465 e. The average molecular weight is 657 g/mol. The number of H-pyrrole nitrogens is 2. The van der Waals surface area contributed by atoms with Gasteiger partial charge in [-0.15, -0.1) is 0 Å². The van der Waals surface area contributed by atoms with Crippen molar-refractivity contribution in [2.24, 2.45) is 5.41 Å². The fourth-order valence-corrected chi connectivity index (χ4v) is 9.54. The van der Waals surface area contributed by atoms with Crippen molar-refractivity contribution < 1.29 is 19.4 Å². The molecule has 4 heterocycles. The van der Waals surface area contributed by atoms with Gasteiger partial charge < -0.3 is 19.8 Å². The van der Waals surface area contributed by atoms with E-state index < -0.39 is 17.2 Å². The van der Waals surface area contributed by atoms with E-state index in [1.54, 1.807) is 4.90 Å². The zero-order valence-corrected chi connectivity index (χ0v) is 29.5. The summed E-state index contributed by atoms with van der Waals surface area (Å²) >= 11 is 0. The minimum absolute atomic E-state index is 0.0684. The van der Waals surface area contributed by atoms with Crippen molar-refractivity contribution >= 4 is 12.2 Å². The molecule has 0 spiro atoms. The van der Waals surface area contributed by atoms with E-state index in [0.29, 0.717) is 13.1 Å². The van der Waals surface area contributed by atoms with Crippen molar-refractivity contribution in [1.29, 1.82) is 0 Å². The first-order valence-corrected chi connectivity index (χ1v) is 17.9. The molecule has 10 nitrogen and oxygen atoms in total. The van der Waals surface area contributed by atoms with Gasteiger partial charge in [0.15, 0.2) is 0 Å². The summed E-state index contributed by atoms with van der Waals surface area (Å²) in [5.41, 5.74) is 3.32. The molecule has 5 fully saturated rings. The highest BCUT2D eigenvalue weighted by molar-refractivity contribution is 5.69. The van der Waals surface area contributed by atoms with Crippen LogP contribution in [0.4, 0.5) is 9.59 Å². The number of nitrogens with zero attached hydrogens (tertiary/aromatic N) is 4. The van der Waals surface area contributed by atoms with Crippen molar-refractivity contribution in [3.8, 4) is 11.3 Å². The number of carboxylic acid groups (broad SMARTS) is 1. The molecular formula is C38H52N6O4. The Labute approximate surface area is 284 Å². The fourth-order valence-electron chi connectivity index (χ4n) is 9.54. The van der Waals surface area contributed by atoms with Crippen molar-refractivity contribution in [2.75, 3.05) is 13.1 Å². The van der Waals surface area contributed by atoms with Gasteiger partial charge >= 0.3 is 12.2 Å². The van der Waals surface area contributed by atoms with Crippen LogP contribution in [-0.2, 0) is 21.1 Å². The lowest BCUT2D eigenvalue weighted by molar-refractivity contribution is 0.0213. The molecule has 3 aliphatic carbocycles. The Morgan fingerprint density at radius 1 is 0.896 bits per heavy atom. The second kappa shape index (κ2) is 11.4. The predicted molar refractivity (Wildman–Crippen MR) is 184 cm³/mol. The summed E-state index contributed by atoms with van der Waals surface area (Å²) in [6, 6.07) is 8.85. The van der Waals surface area contributed by atoms with Crippen LogP contribution in [0.25, 0.3) is 11.3 Å². The number of hydrogen-bond donors (Lipinski definition) is 3. The first-order chi connectivity index (χ1) is 22.7. The van der Waals surface area contributed by atoms with E-state index in [4.69, 9.17) is 14.7 Å². The number of fused-ring (bicyclic) bond motifs is 3. The summed E-state index contributed by atoms with van der Waals surface area (Å²) < 4.78 is 5.71. The second-order valence-corrected chi connectivity index (χ2v) is 16.9. The molecule has 3 saturated carbocycles. The number of hydrogen-bond acceptors (Lipinski definition) is 5. The SMILES string of the molecule is CC(C)(C)OC(=O)N1CCC[C@H]1c1ncc(C23CCC(c4cccc(-c5cnc([C@@]6(C(C)(C)C)CCCN6C(=O)O)[nH]5)c4)(CC2)CC3)[nH]1. The van der Waals surface area contributed by atoms with E-state index in [2.05, 4.69) is 55.0 Å². The Balaban J connectivity index is 1.08. The minimum atomic E-state index is -0.889. The molecule has 2 bridgehead atoms. The molecule has 2 saturated heterocycles. The van der Waals surface area contributed by atoms with Gasteiger partial charge in [-0.3, -0.25) is 9.80 Å². The van der Waals surface area contributed by atoms with E-state index in [1.807, 2.05) is 38.1 Å². The molecule has 258 valence electrons. The molecule has 0 unspecified atom stereocenters. The van der Waals surface area contributed by atoms with Gasteiger partial charge in [0.05, 0.1) is 17.9 Å². The number of rotatable bonds is 5. The Bertz CT molecular complexity index is 1670. The number of nitrogens with one attached hydrogen (secondary N) is 2. The number of aromatic amines is 2. The third-order valence-corrected chi connectivity index (χ3v) is 12.2. The molecule has 10 heteroatoms. The normalized spacial score (nSPS) is 29.1. The van der Waals surface area contributed by atoms with Crippen LogP contribution in [0.3, 0.4) is 0 Å². The molecule has 1 aromatic carbocycles. The summed E-state index contributed by atoms with van der Waals surface area (Å²) in [5, 5.41) is 10.1. The van der Waals surface area contributed by atoms with Gasteiger partial charge in [-0.1, -0.05) is 39.0 Å². The number of ether oxygens (including phenoxy) is 1. The number of imidazole rings is 2. The van der Waals surface area contributed by atoms with Crippen LogP contribution in [0.15, 0.2) is 36.7 Å². The molecule has 8 rings (SSSR count). The molecule has 2 atom stereocenters. The van der Waals surface area contributed by atoms with Crippen molar-refractivity contribution in [3.63, 3.8) is 0 Å². The largest absolute Gasteiger partial charge is 0.465 e. The Morgan fingerprint density at radius 2 is 1.60 bits per heavy atom. The van der Waals surface area contributed by atoms with Gasteiger partial charge in [-0.25, -0.2) is 19.6 Å². The van der Waals surface area contributed by atoms with Gasteiger partial charge in [-0.2, -0.15) is 0 Å². The molecule has 0 radical (unpaired) electrons. The number of aromatic nitrogens is 4. The van der Waals surface area contributed by atoms with E-state index in [0.717, 1.165) is 87.1 Å². The third-order valence-electron chi connectivity index (χ3n) is 12.2. The van der Waals surface area contributed by atoms with Gasteiger partial charge in [0.2, 0.25) is 0 Å². The monoisotopic (exact) mass is 656 g/mol. The summed E-state index contributed by atoms with van der Waals surface area (Å²) in [7, 11) is 0. The summed E-state index contributed by atoms with van der Waals surface area (Å²) in [4.78, 5) is 45.7. The maximum Gasteiger partial charge on any atom is 0.410 e. The van der Waals surface area contributed by atoms with Gasteiger partial charge in [-0.05, 0) is 113 Å². The van der Waals surface area contributed by atoms with Crippen molar-refractivity contribution in [1.82, 2.24) is 29.7 Å². The van der Waals surface area contributed by atoms with E-state index in [-0.39, 0.29) is 28.4 Å². The average Bonchev–Trinajstić information content (AvgIpc) is 3.86. The van der Waals surface area contributed by atoms with Crippen LogP contribution in [0.1, 0.15) is 135 Å². The number of carbonyl (C=O) groups is 2. The van der Waals surface area contributed by atoms with Crippen LogP contribution in [0.5, 0.6) is 0 Å². The lowest BCUT2D eigenvalue weighted by atomic mass is 9.51. The van der Waals surface area contributed by atoms with E-state index >= 15 is 0 Å². The van der Waals surface area contributed by atoms with Crippen LogP contribution in [0.2, 0.25) is 0 Å². The van der Waals surface area contributed by atoms with Crippen LogP contribution >= 0.6 is 0 Å². The zero-order chi connectivity index (χ0) is 34.1. The molecule has 2 aliphatic heterocycles.